The molecule has 0 aliphatic carbocycles. The van der Waals surface area contributed by atoms with E-state index >= 15 is 0 Å². The van der Waals surface area contributed by atoms with Crippen LogP contribution < -0.4 is 5.32 Å². The van der Waals surface area contributed by atoms with Gasteiger partial charge in [0.25, 0.3) is 0 Å². The molecule has 0 bridgehead atoms. The average Bonchev–Trinajstić information content (AvgIpc) is 3.03. The van der Waals surface area contributed by atoms with Crippen LogP contribution >= 0.6 is 0 Å². The van der Waals surface area contributed by atoms with Crippen molar-refractivity contribution in [3.63, 3.8) is 0 Å². The summed E-state index contributed by atoms with van der Waals surface area (Å²) in [7, 11) is 1.83. The molecule has 3 rings (SSSR count). The first kappa shape index (κ1) is 14.6. The second-order valence-electron chi connectivity index (χ2n) is 5.37. The molecule has 116 valence electrons. The average molecular weight is 298 g/mol. The number of aryl methyl sites for hydroxylation is 1. The number of guanidine groups is 1. The Labute approximate surface area is 130 Å². The van der Waals surface area contributed by atoms with Gasteiger partial charge in [0.05, 0.1) is 6.54 Å². The number of fused-ring (bicyclic) bond motifs is 1. The summed E-state index contributed by atoms with van der Waals surface area (Å²) in [5, 5.41) is 11.5. The van der Waals surface area contributed by atoms with E-state index in [0.29, 0.717) is 6.54 Å². The molecule has 2 heterocycles. The van der Waals surface area contributed by atoms with E-state index in [2.05, 4.69) is 56.6 Å². The van der Waals surface area contributed by atoms with Crippen molar-refractivity contribution in [3.8, 4) is 0 Å². The monoisotopic (exact) mass is 298 g/mol. The predicted octanol–water partition coefficient (Wildman–Crippen LogP) is 1.43. The third-order valence-electron chi connectivity index (χ3n) is 4.08. The van der Waals surface area contributed by atoms with E-state index < -0.39 is 0 Å². The van der Waals surface area contributed by atoms with Crippen LogP contribution in [0.3, 0.4) is 0 Å². The topological polar surface area (TPSA) is 58.3 Å². The van der Waals surface area contributed by atoms with Crippen molar-refractivity contribution in [2.24, 2.45) is 4.99 Å². The van der Waals surface area contributed by atoms with E-state index in [1.165, 1.54) is 11.1 Å². The van der Waals surface area contributed by atoms with E-state index in [0.717, 1.165) is 37.8 Å². The molecular weight excluding hydrogens is 276 g/mol. The van der Waals surface area contributed by atoms with Gasteiger partial charge in [-0.25, -0.2) is 0 Å². The third kappa shape index (κ3) is 2.95. The molecule has 0 saturated heterocycles. The summed E-state index contributed by atoms with van der Waals surface area (Å²) in [4.78, 5) is 6.70. The van der Waals surface area contributed by atoms with E-state index in [1.54, 1.807) is 6.33 Å². The molecule has 0 unspecified atom stereocenters. The molecule has 0 spiro atoms. The second kappa shape index (κ2) is 6.60. The zero-order valence-electron chi connectivity index (χ0n) is 13.2. The number of aromatic nitrogens is 3. The maximum absolute atomic E-state index is 4.41. The van der Waals surface area contributed by atoms with Crippen LogP contribution in [0.25, 0.3) is 0 Å². The van der Waals surface area contributed by atoms with Gasteiger partial charge in [-0.1, -0.05) is 24.3 Å². The summed E-state index contributed by atoms with van der Waals surface area (Å²) in [6, 6.07) is 8.62. The van der Waals surface area contributed by atoms with Gasteiger partial charge in [-0.3, -0.25) is 4.99 Å². The lowest BCUT2D eigenvalue weighted by molar-refractivity contribution is 0.377. The minimum Gasteiger partial charge on any atom is -0.349 e. The maximum atomic E-state index is 4.41. The summed E-state index contributed by atoms with van der Waals surface area (Å²) >= 11 is 0. The number of aliphatic imine (C=N–C) groups is 1. The molecule has 22 heavy (non-hydrogen) atoms. The van der Waals surface area contributed by atoms with E-state index in [1.807, 2.05) is 11.6 Å². The molecule has 6 nitrogen and oxygen atoms in total. The Morgan fingerprint density at radius 3 is 2.91 bits per heavy atom. The Hall–Kier alpha value is -2.37. The third-order valence-corrected chi connectivity index (χ3v) is 4.08. The first-order valence-electron chi connectivity index (χ1n) is 7.71. The minimum absolute atomic E-state index is 0.638. The van der Waals surface area contributed by atoms with Crippen molar-refractivity contribution in [1.29, 1.82) is 0 Å². The molecule has 1 aromatic carbocycles. The smallest absolute Gasteiger partial charge is 0.194 e. The molecule has 6 heteroatoms. The van der Waals surface area contributed by atoms with Gasteiger partial charge in [0, 0.05) is 26.7 Å². The van der Waals surface area contributed by atoms with Crippen LogP contribution in [0.5, 0.6) is 0 Å². The van der Waals surface area contributed by atoms with Gasteiger partial charge < -0.3 is 14.8 Å². The van der Waals surface area contributed by atoms with Gasteiger partial charge in [-0.15, -0.1) is 10.2 Å². The quantitative estimate of drug-likeness (QED) is 0.688. The number of rotatable bonds is 3. The molecule has 0 fully saturated rings. The fourth-order valence-corrected chi connectivity index (χ4v) is 2.85. The van der Waals surface area contributed by atoms with Crippen LogP contribution in [0, 0.1) is 0 Å². The van der Waals surface area contributed by atoms with Crippen LogP contribution in [0.4, 0.5) is 0 Å². The van der Waals surface area contributed by atoms with Crippen molar-refractivity contribution in [2.45, 2.75) is 33.0 Å². The van der Waals surface area contributed by atoms with E-state index in [9.17, 15) is 0 Å². The molecule has 1 aromatic heterocycles. The second-order valence-corrected chi connectivity index (χ2v) is 5.37. The number of nitrogens with zero attached hydrogens (tertiary/aromatic N) is 5. The molecule has 1 N–H and O–H groups in total. The lowest BCUT2D eigenvalue weighted by Crippen LogP contribution is -2.44. The van der Waals surface area contributed by atoms with Gasteiger partial charge in [0.15, 0.2) is 11.8 Å². The van der Waals surface area contributed by atoms with Gasteiger partial charge in [-0.2, -0.15) is 0 Å². The van der Waals surface area contributed by atoms with Gasteiger partial charge >= 0.3 is 0 Å². The van der Waals surface area contributed by atoms with Crippen molar-refractivity contribution in [2.75, 3.05) is 13.6 Å². The Morgan fingerprint density at radius 2 is 2.14 bits per heavy atom. The number of nitrogens with one attached hydrogen (secondary N) is 1. The minimum atomic E-state index is 0.638. The number of hydrogen-bond acceptors (Lipinski definition) is 3. The SMILES string of the molecule is CCn1cnnc1CNC(=NC)N1CCc2ccccc2C1. The Kier molecular flexibility index (Phi) is 4.37. The highest BCUT2D eigenvalue weighted by molar-refractivity contribution is 5.80. The summed E-state index contributed by atoms with van der Waals surface area (Å²) in [5.74, 6) is 1.85. The lowest BCUT2D eigenvalue weighted by atomic mass is 10.0. The predicted molar refractivity (Wildman–Crippen MR) is 86.5 cm³/mol. The normalized spacial score (nSPS) is 14.8. The summed E-state index contributed by atoms with van der Waals surface area (Å²) < 4.78 is 2.03. The van der Waals surface area contributed by atoms with Crippen LogP contribution in [-0.2, 0) is 26.1 Å². The standard InChI is InChI=1S/C16H22N6/c1-3-21-12-19-20-15(21)10-18-16(17-2)22-9-8-13-6-4-5-7-14(13)11-22/h4-7,12H,3,8-11H2,1-2H3,(H,17,18). The zero-order valence-corrected chi connectivity index (χ0v) is 13.2. The summed E-state index contributed by atoms with van der Waals surface area (Å²) in [6.07, 6.45) is 2.82. The summed E-state index contributed by atoms with van der Waals surface area (Å²) in [5.41, 5.74) is 2.83. The molecular formula is C16H22N6. The van der Waals surface area contributed by atoms with Gasteiger partial charge in [0.2, 0.25) is 0 Å². The highest BCUT2D eigenvalue weighted by atomic mass is 15.3. The Balaban J connectivity index is 1.66. The fraction of sp³-hybridized carbons (Fsp3) is 0.438. The van der Waals surface area contributed by atoms with Crippen molar-refractivity contribution < 1.29 is 0 Å². The lowest BCUT2D eigenvalue weighted by Gasteiger charge is -2.31. The number of hydrogen-bond donors (Lipinski definition) is 1. The highest BCUT2D eigenvalue weighted by Gasteiger charge is 2.18. The van der Waals surface area contributed by atoms with Crippen LogP contribution in [0.2, 0.25) is 0 Å². The first-order valence-corrected chi connectivity index (χ1v) is 7.71. The fourth-order valence-electron chi connectivity index (χ4n) is 2.85. The molecule has 2 aromatic rings. The zero-order chi connectivity index (χ0) is 15.4. The molecule has 0 amide bonds. The molecule has 0 atom stereocenters. The van der Waals surface area contributed by atoms with E-state index in [4.69, 9.17) is 0 Å². The van der Waals surface area contributed by atoms with Crippen LogP contribution in [0.1, 0.15) is 23.9 Å². The summed E-state index contributed by atoms with van der Waals surface area (Å²) in [6.45, 7) is 5.48. The van der Waals surface area contributed by atoms with Crippen molar-refractivity contribution in [3.05, 3.63) is 47.5 Å². The Morgan fingerprint density at radius 1 is 1.32 bits per heavy atom. The Bertz CT molecular complexity index is 660. The molecule has 1 aliphatic heterocycles. The number of benzene rings is 1. The largest absolute Gasteiger partial charge is 0.349 e. The van der Waals surface area contributed by atoms with E-state index in [-0.39, 0.29) is 0 Å². The van der Waals surface area contributed by atoms with Crippen molar-refractivity contribution in [1.82, 2.24) is 25.0 Å². The maximum Gasteiger partial charge on any atom is 0.194 e. The first-order chi connectivity index (χ1) is 10.8. The molecule has 0 saturated carbocycles. The van der Waals surface area contributed by atoms with Gasteiger partial charge in [0.1, 0.15) is 6.33 Å². The molecule has 0 radical (unpaired) electrons. The van der Waals surface area contributed by atoms with Crippen LogP contribution in [0.15, 0.2) is 35.6 Å². The highest BCUT2D eigenvalue weighted by Crippen LogP contribution is 2.18. The van der Waals surface area contributed by atoms with Crippen LogP contribution in [-0.4, -0.2) is 39.2 Å². The molecule has 1 aliphatic rings. The van der Waals surface area contributed by atoms with Crippen molar-refractivity contribution >= 4 is 5.96 Å². The van der Waals surface area contributed by atoms with Gasteiger partial charge in [-0.05, 0) is 24.5 Å².